The van der Waals surface area contributed by atoms with Crippen LogP contribution >= 0.6 is 15.9 Å². The number of para-hydroxylation sites is 1. The van der Waals surface area contributed by atoms with E-state index in [-0.39, 0.29) is 17.3 Å². The molecule has 0 saturated carbocycles. The standard InChI is InChI=1S/C16H12BrN5O2/c17-11-6-8-13(9-7-11)21-16-14(22(23)24)15(18-10-19-16)20-12-4-2-1-3-5-12/h1-10H,(H2,18,19,20,21). The van der Waals surface area contributed by atoms with E-state index < -0.39 is 4.92 Å². The summed E-state index contributed by atoms with van der Waals surface area (Å²) in [6, 6.07) is 16.4. The molecule has 8 heteroatoms. The van der Waals surface area contributed by atoms with Crippen LogP contribution in [0.3, 0.4) is 0 Å². The van der Waals surface area contributed by atoms with Crippen molar-refractivity contribution in [2.75, 3.05) is 10.6 Å². The topological polar surface area (TPSA) is 93.0 Å². The van der Waals surface area contributed by atoms with Crippen LogP contribution in [0.5, 0.6) is 0 Å². The van der Waals surface area contributed by atoms with Crippen molar-refractivity contribution < 1.29 is 4.92 Å². The number of nitrogens with one attached hydrogen (secondary N) is 2. The van der Waals surface area contributed by atoms with E-state index in [0.29, 0.717) is 11.4 Å². The van der Waals surface area contributed by atoms with Crippen LogP contribution in [0.1, 0.15) is 0 Å². The average Bonchev–Trinajstić information content (AvgIpc) is 2.58. The smallest absolute Gasteiger partial charge is 0.334 e. The molecular formula is C16H12BrN5O2. The summed E-state index contributed by atoms with van der Waals surface area (Å²) in [5, 5.41) is 17.4. The summed E-state index contributed by atoms with van der Waals surface area (Å²) in [7, 11) is 0. The third kappa shape index (κ3) is 3.66. The third-order valence-corrected chi connectivity index (χ3v) is 3.68. The SMILES string of the molecule is O=[N+]([O-])c1c(Nc2ccccc2)ncnc1Nc1ccc(Br)cc1. The minimum Gasteiger partial charge on any atom is -0.334 e. The summed E-state index contributed by atoms with van der Waals surface area (Å²) in [5.41, 5.74) is 1.17. The first kappa shape index (κ1) is 15.9. The van der Waals surface area contributed by atoms with Crippen molar-refractivity contribution in [1.29, 1.82) is 0 Å². The fourth-order valence-corrected chi connectivity index (χ4v) is 2.33. The molecule has 0 spiro atoms. The van der Waals surface area contributed by atoms with Crippen molar-refractivity contribution in [1.82, 2.24) is 9.97 Å². The summed E-state index contributed by atoms with van der Waals surface area (Å²) in [6.45, 7) is 0. The molecule has 7 nitrogen and oxygen atoms in total. The Morgan fingerprint density at radius 3 is 1.96 bits per heavy atom. The van der Waals surface area contributed by atoms with Crippen LogP contribution in [0, 0.1) is 10.1 Å². The van der Waals surface area contributed by atoms with E-state index >= 15 is 0 Å². The molecule has 0 atom stereocenters. The molecule has 0 amide bonds. The molecule has 1 aromatic heterocycles. The summed E-state index contributed by atoms with van der Waals surface area (Å²) >= 11 is 3.35. The number of aromatic nitrogens is 2. The van der Waals surface area contributed by atoms with Gasteiger partial charge in [0.25, 0.3) is 0 Å². The largest absolute Gasteiger partial charge is 0.353 e. The molecule has 3 rings (SSSR count). The molecular weight excluding hydrogens is 374 g/mol. The highest BCUT2D eigenvalue weighted by Crippen LogP contribution is 2.33. The second-order valence-corrected chi connectivity index (χ2v) is 5.72. The molecule has 0 bridgehead atoms. The molecule has 3 aromatic rings. The number of hydrogen-bond acceptors (Lipinski definition) is 6. The van der Waals surface area contributed by atoms with Gasteiger partial charge >= 0.3 is 5.69 Å². The number of anilines is 4. The number of halogens is 1. The molecule has 0 fully saturated rings. The van der Waals surface area contributed by atoms with Crippen LogP contribution in [0.15, 0.2) is 65.4 Å². The first-order valence-corrected chi connectivity index (χ1v) is 7.77. The molecule has 0 radical (unpaired) electrons. The zero-order valence-corrected chi connectivity index (χ0v) is 13.9. The van der Waals surface area contributed by atoms with Crippen molar-refractivity contribution in [3.8, 4) is 0 Å². The number of benzene rings is 2. The van der Waals surface area contributed by atoms with Gasteiger partial charge in [-0.25, -0.2) is 9.97 Å². The van der Waals surface area contributed by atoms with Crippen molar-refractivity contribution in [3.05, 3.63) is 75.5 Å². The van der Waals surface area contributed by atoms with E-state index in [4.69, 9.17) is 0 Å². The summed E-state index contributed by atoms with van der Waals surface area (Å²) < 4.78 is 0.914. The number of nitrogens with zero attached hydrogens (tertiary/aromatic N) is 3. The predicted octanol–water partition coefficient (Wildman–Crippen LogP) is 4.63. The second kappa shape index (κ2) is 7.05. The van der Waals surface area contributed by atoms with Crippen LogP contribution in [-0.2, 0) is 0 Å². The van der Waals surface area contributed by atoms with Gasteiger partial charge in [0.2, 0.25) is 11.6 Å². The molecule has 0 aliphatic heterocycles. The monoisotopic (exact) mass is 385 g/mol. The van der Waals surface area contributed by atoms with Crippen LogP contribution in [0.25, 0.3) is 0 Å². The Morgan fingerprint density at radius 2 is 1.42 bits per heavy atom. The number of nitro groups is 1. The predicted molar refractivity (Wildman–Crippen MR) is 95.8 cm³/mol. The van der Waals surface area contributed by atoms with Crippen molar-refractivity contribution in [3.63, 3.8) is 0 Å². The first-order valence-electron chi connectivity index (χ1n) is 6.97. The molecule has 120 valence electrons. The van der Waals surface area contributed by atoms with Gasteiger partial charge in [0.15, 0.2) is 0 Å². The highest BCUT2D eigenvalue weighted by atomic mass is 79.9. The van der Waals surface area contributed by atoms with Gasteiger partial charge in [-0.15, -0.1) is 0 Å². The van der Waals surface area contributed by atoms with E-state index in [9.17, 15) is 10.1 Å². The quantitative estimate of drug-likeness (QED) is 0.490. The van der Waals surface area contributed by atoms with Crippen molar-refractivity contribution >= 4 is 44.6 Å². The lowest BCUT2D eigenvalue weighted by Crippen LogP contribution is -2.05. The molecule has 1 heterocycles. The molecule has 24 heavy (non-hydrogen) atoms. The van der Waals surface area contributed by atoms with E-state index in [0.717, 1.165) is 4.47 Å². The van der Waals surface area contributed by atoms with E-state index in [1.54, 1.807) is 24.3 Å². The summed E-state index contributed by atoms with van der Waals surface area (Å²) in [6.07, 6.45) is 1.28. The number of hydrogen-bond donors (Lipinski definition) is 2. The Hall–Kier alpha value is -3.00. The second-order valence-electron chi connectivity index (χ2n) is 4.80. The maximum atomic E-state index is 11.5. The first-order chi connectivity index (χ1) is 11.6. The zero-order valence-electron chi connectivity index (χ0n) is 12.3. The van der Waals surface area contributed by atoms with Crippen LogP contribution < -0.4 is 10.6 Å². The Labute approximate surface area is 146 Å². The Kier molecular flexibility index (Phi) is 4.66. The third-order valence-electron chi connectivity index (χ3n) is 3.15. The minimum absolute atomic E-state index is 0.121. The van der Waals surface area contributed by atoms with E-state index in [1.165, 1.54) is 6.33 Å². The number of rotatable bonds is 5. The van der Waals surface area contributed by atoms with Crippen LogP contribution in [-0.4, -0.2) is 14.9 Å². The van der Waals surface area contributed by atoms with Gasteiger partial charge in [0.1, 0.15) is 6.33 Å². The molecule has 0 saturated heterocycles. The fourth-order valence-electron chi connectivity index (χ4n) is 2.06. The highest BCUT2D eigenvalue weighted by molar-refractivity contribution is 9.10. The average molecular weight is 386 g/mol. The van der Waals surface area contributed by atoms with Crippen LogP contribution in [0.4, 0.5) is 28.7 Å². The van der Waals surface area contributed by atoms with Gasteiger partial charge in [-0.05, 0) is 36.4 Å². The lowest BCUT2D eigenvalue weighted by Gasteiger charge is -2.10. The maximum absolute atomic E-state index is 11.5. The highest BCUT2D eigenvalue weighted by Gasteiger charge is 2.23. The zero-order chi connectivity index (χ0) is 16.9. The molecule has 2 N–H and O–H groups in total. The van der Waals surface area contributed by atoms with Gasteiger partial charge < -0.3 is 10.6 Å². The lowest BCUT2D eigenvalue weighted by molar-refractivity contribution is -0.383. The minimum atomic E-state index is -0.507. The lowest BCUT2D eigenvalue weighted by atomic mass is 10.3. The van der Waals surface area contributed by atoms with E-state index in [2.05, 4.69) is 36.5 Å². The maximum Gasteiger partial charge on any atom is 0.353 e. The summed E-state index contributed by atoms with van der Waals surface area (Å²) in [5.74, 6) is 0.247. The van der Waals surface area contributed by atoms with Crippen molar-refractivity contribution in [2.45, 2.75) is 0 Å². The molecule has 0 unspecified atom stereocenters. The van der Waals surface area contributed by atoms with Gasteiger partial charge in [-0.3, -0.25) is 10.1 Å². The van der Waals surface area contributed by atoms with E-state index in [1.807, 2.05) is 30.3 Å². The van der Waals surface area contributed by atoms with Gasteiger partial charge in [-0.1, -0.05) is 34.1 Å². The fraction of sp³-hybridized carbons (Fsp3) is 0. The van der Waals surface area contributed by atoms with Gasteiger partial charge in [0.05, 0.1) is 4.92 Å². The Bertz CT molecular complexity index is 856. The normalized spacial score (nSPS) is 10.2. The van der Waals surface area contributed by atoms with Crippen LogP contribution in [0.2, 0.25) is 0 Å². The Balaban J connectivity index is 1.96. The molecule has 0 aliphatic carbocycles. The summed E-state index contributed by atoms with van der Waals surface area (Å²) in [4.78, 5) is 19.0. The van der Waals surface area contributed by atoms with Gasteiger partial charge in [0, 0.05) is 15.8 Å². The Morgan fingerprint density at radius 1 is 0.875 bits per heavy atom. The van der Waals surface area contributed by atoms with Gasteiger partial charge in [-0.2, -0.15) is 0 Å². The molecule has 0 aliphatic rings. The molecule has 2 aromatic carbocycles. The van der Waals surface area contributed by atoms with Crippen molar-refractivity contribution in [2.24, 2.45) is 0 Å².